The molecule has 0 unspecified atom stereocenters. The highest BCUT2D eigenvalue weighted by molar-refractivity contribution is 6.31. The fraction of sp³-hybridized carbons (Fsp3) is 0.562. The molecule has 0 atom stereocenters. The Labute approximate surface area is 130 Å². The predicted octanol–water partition coefficient (Wildman–Crippen LogP) is 3.52. The van der Waals surface area contributed by atoms with E-state index in [4.69, 9.17) is 11.6 Å². The summed E-state index contributed by atoms with van der Waals surface area (Å²) in [5, 5.41) is 6.28. The Morgan fingerprint density at radius 3 is 2.57 bits per heavy atom. The second-order valence-electron chi connectivity index (χ2n) is 5.53. The molecule has 0 aromatic heterocycles. The van der Waals surface area contributed by atoms with Crippen LogP contribution in [-0.4, -0.2) is 25.0 Å². The molecular formula is C16H22ClFN2O. The number of halogens is 2. The number of hydrogen-bond donors (Lipinski definition) is 2. The molecule has 0 aliphatic heterocycles. The van der Waals surface area contributed by atoms with Crippen LogP contribution in [0.2, 0.25) is 5.02 Å². The van der Waals surface area contributed by atoms with Crippen molar-refractivity contribution in [1.29, 1.82) is 0 Å². The molecular weight excluding hydrogens is 291 g/mol. The van der Waals surface area contributed by atoms with E-state index < -0.39 is 5.82 Å². The summed E-state index contributed by atoms with van der Waals surface area (Å²) in [4.78, 5) is 11.9. The monoisotopic (exact) mass is 312 g/mol. The first-order chi connectivity index (χ1) is 10.2. The third-order valence-corrected chi connectivity index (χ3v) is 4.17. The molecule has 2 rings (SSSR count). The quantitative estimate of drug-likeness (QED) is 0.645. The summed E-state index contributed by atoms with van der Waals surface area (Å²) >= 11 is 5.67. The zero-order valence-electron chi connectivity index (χ0n) is 12.1. The summed E-state index contributed by atoms with van der Waals surface area (Å²) < 4.78 is 13.0. The van der Waals surface area contributed by atoms with Gasteiger partial charge in [-0.3, -0.25) is 4.79 Å². The molecule has 0 spiro atoms. The van der Waals surface area contributed by atoms with E-state index >= 15 is 0 Å². The maximum atomic E-state index is 13.0. The molecule has 116 valence electrons. The largest absolute Gasteiger partial charge is 0.351 e. The van der Waals surface area contributed by atoms with Gasteiger partial charge in [-0.05, 0) is 31.0 Å². The normalized spacial score (nSPS) is 16.5. The Morgan fingerprint density at radius 1 is 1.19 bits per heavy atom. The average molecular weight is 313 g/mol. The number of nitrogens with one attached hydrogen (secondary N) is 2. The van der Waals surface area contributed by atoms with E-state index in [1.165, 1.54) is 56.7 Å². The topological polar surface area (TPSA) is 41.1 Å². The molecule has 2 N–H and O–H groups in total. The highest BCUT2D eigenvalue weighted by Crippen LogP contribution is 2.17. The fourth-order valence-corrected chi connectivity index (χ4v) is 2.86. The van der Waals surface area contributed by atoms with Crippen molar-refractivity contribution < 1.29 is 9.18 Å². The first-order valence-electron chi connectivity index (χ1n) is 7.63. The maximum absolute atomic E-state index is 13.0. The van der Waals surface area contributed by atoms with E-state index in [0.29, 0.717) is 18.2 Å². The molecule has 1 fully saturated rings. The Bertz CT molecular complexity index is 473. The van der Waals surface area contributed by atoms with Crippen LogP contribution in [0.15, 0.2) is 18.2 Å². The van der Waals surface area contributed by atoms with Gasteiger partial charge in [-0.15, -0.1) is 0 Å². The zero-order chi connectivity index (χ0) is 15.1. The van der Waals surface area contributed by atoms with Gasteiger partial charge in [0.25, 0.3) is 5.91 Å². The van der Waals surface area contributed by atoms with E-state index in [1.54, 1.807) is 0 Å². The Kier molecular flexibility index (Phi) is 6.46. The van der Waals surface area contributed by atoms with Crippen molar-refractivity contribution in [2.75, 3.05) is 13.1 Å². The first-order valence-corrected chi connectivity index (χ1v) is 8.01. The van der Waals surface area contributed by atoms with Crippen molar-refractivity contribution >= 4 is 17.5 Å². The van der Waals surface area contributed by atoms with Gasteiger partial charge in [0.2, 0.25) is 0 Å². The number of rotatable bonds is 5. The van der Waals surface area contributed by atoms with Gasteiger partial charge in [-0.2, -0.15) is 0 Å². The first kappa shape index (κ1) is 16.2. The van der Waals surface area contributed by atoms with Crippen LogP contribution in [0.4, 0.5) is 4.39 Å². The molecule has 0 saturated heterocycles. The van der Waals surface area contributed by atoms with Crippen LogP contribution in [0.5, 0.6) is 0 Å². The van der Waals surface area contributed by atoms with Gasteiger partial charge in [0.05, 0.1) is 5.02 Å². The van der Waals surface area contributed by atoms with Gasteiger partial charge in [0.15, 0.2) is 0 Å². The summed E-state index contributed by atoms with van der Waals surface area (Å²) in [6.07, 6.45) is 7.69. The van der Waals surface area contributed by atoms with Crippen LogP contribution in [0.25, 0.3) is 0 Å². The number of hydrogen-bond acceptors (Lipinski definition) is 2. The predicted molar refractivity (Wildman–Crippen MR) is 83.2 cm³/mol. The standard InChI is InChI=1S/C16H22ClFN2O/c17-14-11-12(7-8-15(14)18)16(21)20-10-9-19-13-5-3-1-2-4-6-13/h7-8,11,13,19H,1-6,9-10H2,(H,20,21). The Morgan fingerprint density at radius 2 is 1.90 bits per heavy atom. The summed E-state index contributed by atoms with van der Waals surface area (Å²) in [6.45, 7) is 1.32. The SMILES string of the molecule is O=C(NCCNC1CCCCCC1)c1ccc(F)c(Cl)c1. The zero-order valence-corrected chi connectivity index (χ0v) is 12.9. The second kappa shape index (κ2) is 8.35. The summed E-state index contributed by atoms with van der Waals surface area (Å²) in [6, 6.07) is 4.58. The van der Waals surface area contributed by atoms with Crippen molar-refractivity contribution in [3.8, 4) is 0 Å². The van der Waals surface area contributed by atoms with E-state index in [0.717, 1.165) is 6.54 Å². The smallest absolute Gasteiger partial charge is 0.251 e. The third kappa shape index (κ3) is 5.29. The summed E-state index contributed by atoms with van der Waals surface area (Å²) in [7, 11) is 0. The van der Waals surface area contributed by atoms with Gasteiger partial charge >= 0.3 is 0 Å². The molecule has 1 aromatic rings. The van der Waals surface area contributed by atoms with E-state index in [1.807, 2.05) is 0 Å². The molecule has 1 aromatic carbocycles. The van der Waals surface area contributed by atoms with Crippen molar-refractivity contribution in [1.82, 2.24) is 10.6 Å². The highest BCUT2D eigenvalue weighted by atomic mass is 35.5. The van der Waals surface area contributed by atoms with Crippen molar-refractivity contribution in [2.24, 2.45) is 0 Å². The lowest BCUT2D eigenvalue weighted by atomic mass is 10.1. The van der Waals surface area contributed by atoms with E-state index in [9.17, 15) is 9.18 Å². The molecule has 0 bridgehead atoms. The maximum Gasteiger partial charge on any atom is 0.251 e. The van der Waals surface area contributed by atoms with Crippen LogP contribution in [0.1, 0.15) is 48.9 Å². The van der Waals surface area contributed by atoms with Crippen LogP contribution in [-0.2, 0) is 0 Å². The minimum Gasteiger partial charge on any atom is -0.351 e. The third-order valence-electron chi connectivity index (χ3n) is 3.88. The molecule has 1 amide bonds. The van der Waals surface area contributed by atoms with Gasteiger partial charge in [0, 0.05) is 24.7 Å². The molecule has 1 aliphatic rings. The van der Waals surface area contributed by atoms with Crippen LogP contribution < -0.4 is 10.6 Å². The minimum absolute atomic E-state index is 0.0285. The van der Waals surface area contributed by atoms with E-state index in [2.05, 4.69) is 10.6 Å². The molecule has 3 nitrogen and oxygen atoms in total. The lowest BCUT2D eigenvalue weighted by molar-refractivity contribution is 0.0953. The highest BCUT2D eigenvalue weighted by Gasteiger charge is 2.12. The van der Waals surface area contributed by atoms with Crippen LogP contribution in [0.3, 0.4) is 0 Å². The van der Waals surface area contributed by atoms with Crippen molar-refractivity contribution in [2.45, 2.75) is 44.6 Å². The fourth-order valence-electron chi connectivity index (χ4n) is 2.68. The van der Waals surface area contributed by atoms with Crippen LogP contribution in [0, 0.1) is 5.82 Å². The second-order valence-corrected chi connectivity index (χ2v) is 5.93. The van der Waals surface area contributed by atoms with Crippen LogP contribution >= 0.6 is 11.6 Å². The molecule has 0 heterocycles. The average Bonchev–Trinajstić information content (AvgIpc) is 2.75. The Hall–Kier alpha value is -1.13. The van der Waals surface area contributed by atoms with Gasteiger partial charge in [-0.1, -0.05) is 37.3 Å². The van der Waals surface area contributed by atoms with Gasteiger partial charge < -0.3 is 10.6 Å². The lowest BCUT2D eigenvalue weighted by Crippen LogP contribution is -2.36. The van der Waals surface area contributed by atoms with Crippen molar-refractivity contribution in [3.63, 3.8) is 0 Å². The molecule has 1 aliphatic carbocycles. The molecule has 5 heteroatoms. The number of carbonyl (C=O) groups excluding carboxylic acids is 1. The summed E-state index contributed by atoms with van der Waals surface area (Å²) in [5.41, 5.74) is 0.385. The van der Waals surface area contributed by atoms with E-state index in [-0.39, 0.29) is 10.9 Å². The minimum atomic E-state index is -0.511. The van der Waals surface area contributed by atoms with Crippen molar-refractivity contribution in [3.05, 3.63) is 34.6 Å². The molecule has 1 saturated carbocycles. The molecule has 21 heavy (non-hydrogen) atoms. The Balaban J connectivity index is 1.70. The number of benzene rings is 1. The van der Waals surface area contributed by atoms with Gasteiger partial charge in [-0.25, -0.2) is 4.39 Å². The number of carbonyl (C=O) groups is 1. The number of amides is 1. The van der Waals surface area contributed by atoms with Gasteiger partial charge in [0.1, 0.15) is 5.82 Å². The summed E-state index contributed by atoms with van der Waals surface area (Å²) in [5.74, 6) is -0.734. The molecule has 0 radical (unpaired) electrons. The lowest BCUT2D eigenvalue weighted by Gasteiger charge is -2.16.